The van der Waals surface area contributed by atoms with Crippen LogP contribution in [-0.2, 0) is 4.79 Å². The molecular weight excluding hydrogens is 310 g/mol. The van der Waals surface area contributed by atoms with E-state index in [-0.39, 0.29) is 12.5 Å². The van der Waals surface area contributed by atoms with Gasteiger partial charge in [-0.1, -0.05) is 15.9 Å². The van der Waals surface area contributed by atoms with Crippen molar-refractivity contribution in [3.63, 3.8) is 0 Å². The van der Waals surface area contributed by atoms with Crippen molar-refractivity contribution < 1.29 is 14.6 Å². The number of hydrogen-bond acceptors (Lipinski definition) is 3. The van der Waals surface area contributed by atoms with Crippen molar-refractivity contribution in [1.82, 2.24) is 0 Å². The highest BCUT2D eigenvalue weighted by Gasteiger charge is 2.23. The lowest BCUT2D eigenvalue weighted by Crippen LogP contribution is -2.14. The number of rotatable bonds is 7. The van der Waals surface area contributed by atoms with Gasteiger partial charge in [0.2, 0.25) is 0 Å². The van der Waals surface area contributed by atoms with E-state index < -0.39 is 5.97 Å². The summed E-state index contributed by atoms with van der Waals surface area (Å²) >= 11 is 3.41. The maximum Gasteiger partial charge on any atom is 0.303 e. The number of benzene rings is 1. The summed E-state index contributed by atoms with van der Waals surface area (Å²) in [6.07, 6.45) is 2.94. The zero-order valence-corrected chi connectivity index (χ0v) is 12.2. The Morgan fingerprint density at radius 3 is 2.89 bits per heavy atom. The Morgan fingerprint density at radius 1 is 1.53 bits per heavy atom. The van der Waals surface area contributed by atoms with Crippen molar-refractivity contribution in [2.24, 2.45) is 11.7 Å². The van der Waals surface area contributed by atoms with E-state index in [9.17, 15) is 4.79 Å². The highest BCUT2D eigenvalue weighted by Crippen LogP contribution is 2.33. The van der Waals surface area contributed by atoms with Gasteiger partial charge in [-0.2, -0.15) is 0 Å². The van der Waals surface area contributed by atoms with Gasteiger partial charge in [0.15, 0.2) is 0 Å². The van der Waals surface area contributed by atoms with Crippen LogP contribution in [0.5, 0.6) is 5.75 Å². The molecule has 3 N–H and O–H groups in total. The van der Waals surface area contributed by atoms with Crippen LogP contribution in [0.2, 0.25) is 0 Å². The summed E-state index contributed by atoms with van der Waals surface area (Å²) in [5, 5.41) is 8.72. The average Bonchev–Trinajstić information content (AvgIpc) is 3.18. The Balaban J connectivity index is 2.05. The van der Waals surface area contributed by atoms with E-state index in [1.54, 1.807) is 0 Å². The first-order valence-corrected chi connectivity index (χ1v) is 7.25. The minimum atomic E-state index is -0.828. The van der Waals surface area contributed by atoms with Gasteiger partial charge in [0.05, 0.1) is 6.61 Å². The van der Waals surface area contributed by atoms with Crippen LogP contribution in [0.1, 0.15) is 37.3 Å². The Hall–Kier alpha value is -1.07. The van der Waals surface area contributed by atoms with Gasteiger partial charge in [0.25, 0.3) is 0 Å². The van der Waals surface area contributed by atoms with E-state index in [1.807, 2.05) is 18.2 Å². The highest BCUT2D eigenvalue weighted by atomic mass is 79.9. The van der Waals surface area contributed by atoms with Gasteiger partial charge in [-0.05, 0) is 43.4 Å². The third-order valence-corrected chi connectivity index (χ3v) is 3.71. The Kier molecular flexibility index (Phi) is 4.82. The molecule has 1 fully saturated rings. The van der Waals surface area contributed by atoms with Crippen molar-refractivity contribution in [1.29, 1.82) is 0 Å². The molecule has 104 valence electrons. The molecule has 1 saturated carbocycles. The predicted molar refractivity (Wildman–Crippen MR) is 76.2 cm³/mol. The van der Waals surface area contributed by atoms with Crippen molar-refractivity contribution in [3.05, 3.63) is 28.2 Å². The lowest BCUT2D eigenvalue weighted by atomic mass is 10.0. The Labute approximate surface area is 121 Å². The number of aliphatic carboxylic acids is 1. The first kappa shape index (κ1) is 14.3. The fourth-order valence-electron chi connectivity index (χ4n) is 1.87. The van der Waals surface area contributed by atoms with Crippen LogP contribution in [0, 0.1) is 5.92 Å². The lowest BCUT2D eigenvalue weighted by molar-refractivity contribution is -0.137. The number of carbonyl (C=O) groups is 1. The summed E-state index contributed by atoms with van der Waals surface area (Å²) in [4.78, 5) is 10.6. The second-order valence-corrected chi connectivity index (χ2v) is 5.89. The standard InChI is InChI=1S/C14H18BrNO3/c15-10-3-5-13(19-8-9-1-2-9)11(7-10)12(16)4-6-14(17)18/h3,5,7,9,12H,1-2,4,6,8,16H2,(H,17,18). The van der Waals surface area contributed by atoms with Crippen molar-refractivity contribution >= 4 is 21.9 Å². The molecule has 0 heterocycles. The summed E-state index contributed by atoms with van der Waals surface area (Å²) in [5.41, 5.74) is 6.94. The molecule has 1 atom stereocenters. The second-order valence-electron chi connectivity index (χ2n) is 4.98. The minimum Gasteiger partial charge on any atom is -0.493 e. The van der Waals surface area contributed by atoms with Gasteiger partial charge >= 0.3 is 5.97 Å². The lowest BCUT2D eigenvalue weighted by Gasteiger charge is -2.17. The third kappa shape index (κ3) is 4.51. The first-order valence-electron chi connectivity index (χ1n) is 6.46. The molecule has 19 heavy (non-hydrogen) atoms. The minimum absolute atomic E-state index is 0.0652. The van der Waals surface area contributed by atoms with Crippen molar-refractivity contribution in [2.45, 2.75) is 31.7 Å². The normalized spacial score (nSPS) is 16.1. The first-order chi connectivity index (χ1) is 9.06. The Morgan fingerprint density at radius 2 is 2.26 bits per heavy atom. The van der Waals surface area contributed by atoms with Crippen LogP contribution in [0.15, 0.2) is 22.7 Å². The number of hydrogen-bond donors (Lipinski definition) is 2. The molecule has 2 rings (SSSR count). The van der Waals surface area contributed by atoms with Gasteiger partial charge in [-0.3, -0.25) is 4.79 Å². The molecule has 5 heteroatoms. The molecule has 1 aromatic carbocycles. The summed E-state index contributed by atoms with van der Waals surface area (Å²) in [7, 11) is 0. The molecule has 1 aliphatic carbocycles. The van der Waals surface area contributed by atoms with Crippen LogP contribution >= 0.6 is 15.9 Å². The maximum absolute atomic E-state index is 10.6. The molecule has 4 nitrogen and oxygen atoms in total. The third-order valence-electron chi connectivity index (χ3n) is 3.21. The van der Waals surface area contributed by atoms with E-state index in [1.165, 1.54) is 12.8 Å². The van der Waals surface area contributed by atoms with E-state index in [2.05, 4.69) is 15.9 Å². The van der Waals surface area contributed by atoms with Gasteiger partial charge < -0.3 is 15.6 Å². The second kappa shape index (κ2) is 6.39. The van der Waals surface area contributed by atoms with E-state index in [0.717, 1.165) is 22.4 Å². The monoisotopic (exact) mass is 327 g/mol. The van der Waals surface area contributed by atoms with E-state index >= 15 is 0 Å². The molecular formula is C14H18BrNO3. The molecule has 0 bridgehead atoms. The van der Waals surface area contributed by atoms with Gasteiger partial charge in [0, 0.05) is 22.5 Å². The molecule has 0 radical (unpaired) electrons. The highest BCUT2D eigenvalue weighted by molar-refractivity contribution is 9.10. The van der Waals surface area contributed by atoms with Crippen LogP contribution in [0.3, 0.4) is 0 Å². The van der Waals surface area contributed by atoms with Gasteiger partial charge in [-0.25, -0.2) is 0 Å². The molecule has 0 amide bonds. The molecule has 1 aliphatic rings. The number of nitrogens with two attached hydrogens (primary N) is 1. The Bertz CT molecular complexity index is 460. The van der Waals surface area contributed by atoms with Crippen molar-refractivity contribution in [3.8, 4) is 5.75 Å². The number of halogens is 1. The molecule has 1 unspecified atom stereocenters. The largest absolute Gasteiger partial charge is 0.493 e. The summed E-state index contributed by atoms with van der Waals surface area (Å²) < 4.78 is 6.72. The molecule has 0 aliphatic heterocycles. The number of carboxylic acid groups (broad SMARTS) is 1. The van der Waals surface area contributed by atoms with E-state index in [4.69, 9.17) is 15.6 Å². The van der Waals surface area contributed by atoms with E-state index in [0.29, 0.717) is 12.3 Å². The summed E-state index contributed by atoms with van der Waals surface area (Å²) in [6, 6.07) is 5.40. The zero-order chi connectivity index (χ0) is 13.8. The SMILES string of the molecule is NC(CCC(=O)O)c1cc(Br)ccc1OCC1CC1. The summed E-state index contributed by atoms with van der Waals surface area (Å²) in [6.45, 7) is 0.723. The number of carboxylic acids is 1. The molecule has 1 aromatic rings. The zero-order valence-electron chi connectivity index (χ0n) is 10.6. The summed E-state index contributed by atoms with van der Waals surface area (Å²) in [5.74, 6) is 0.616. The molecule has 0 aromatic heterocycles. The van der Waals surface area contributed by atoms with Crippen LogP contribution in [0.25, 0.3) is 0 Å². The van der Waals surface area contributed by atoms with Crippen LogP contribution in [0.4, 0.5) is 0 Å². The van der Waals surface area contributed by atoms with Gasteiger partial charge in [-0.15, -0.1) is 0 Å². The van der Waals surface area contributed by atoms with Gasteiger partial charge in [0.1, 0.15) is 5.75 Å². The fraction of sp³-hybridized carbons (Fsp3) is 0.500. The topological polar surface area (TPSA) is 72.6 Å². The van der Waals surface area contributed by atoms with Crippen LogP contribution in [-0.4, -0.2) is 17.7 Å². The predicted octanol–water partition coefficient (Wildman–Crippen LogP) is 3.10. The molecule has 0 saturated heterocycles. The number of ether oxygens (including phenoxy) is 1. The molecule has 0 spiro atoms. The average molecular weight is 328 g/mol. The smallest absolute Gasteiger partial charge is 0.303 e. The quantitative estimate of drug-likeness (QED) is 0.807. The van der Waals surface area contributed by atoms with Crippen LogP contribution < -0.4 is 10.5 Å². The maximum atomic E-state index is 10.6. The van der Waals surface area contributed by atoms with Crippen molar-refractivity contribution in [2.75, 3.05) is 6.61 Å². The fourth-order valence-corrected chi connectivity index (χ4v) is 2.25.